The molecule has 0 bridgehead atoms. The van der Waals surface area contributed by atoms with E-state index in [9.17, 15) is 5.11 Å². The number of aliphatic hydroxyl groups excluding tert-OH is 1. The van der Waals surface area contributed by atoms with Gasteiger partial charge in [0.1, 0.15) is 11.4 Å². The molecule has 6 nitrogen and oxygen atoms in total. The lowest BCUT2D eigenvalue weighted by molar-refractivity contribution is -0.453. The Bertz CT molecular complexity index is 680. The van der Waals surface area contributed by atoms with Crippen molar-refractivity contribution in [3.8, 4) is 5.75 Å². The maximum absolute atomic E-state index is 9.90. The summed E-state index contributed by atoms with van der Waals surface area (Å²) < 4.78 is 0. The van der Waals surface area contributed by atoms with Crippen molar-refractivity contribution in [1.82, 2.24) is 0 Å². The maximum Gasteiger partial charge on any atom is 0.449 e. The molecule has 0 heterocycles. The van der Waals surface area contributed by atoms with E-state index in [-0.39, 0.29) is 6.02 Å². The van der Waals surface area contributed by atoms with Crippen LogP contribution in [-0.2, 0) is 9.93 Å². The summed E-state index contributed by atoms with van der Waals surface area (Å²) in [6, 6.07) is 11.4. The zero-order valence-corrected chi connectivity index (χ0v) is 13.0. The first-order valence-electron chi connectivity index (χ1n) is 6.11. The van der Waals surface area contributed by atoms with Crippen molar-refractivity contribution in [2.24, 2.45) is 0 Å². The predicted octanol–water partition coefficient (Wildman–Crippen LogP) is 2.60. The Morgan fingerprint density at radius 2 is 1.95 bits per heavy atom. The van der Waals surface area contributed by atoms with E-state index in [0.29, 0.717) is 27.2 Å². The summed E-state index contributed by atoms with van der Waals surface area (Å²) in [7, 11) is 1.32. The number of halogens is 2. The van der Waals surface area contributed by atoms with E-state index in [1.807, 2.05) is 0 Å². The van der Waals surface area contributed by atoms with Crippen LogP contribution in [0.1, 0.15) is 0 Å². The van der Waals surface area contributed by atoms with Crippen molar-refractivity contribution in [3.63, 3.8) is 0 Å². The largest absolute Gasteiger partial charge is 0.449 e. The average Bonchev–Trinajstić information content (AvgIpc) is 2.49. The van der Waals surface area contributed by atoms with Crippen molar-refractivity contribution >= 4 is 40.6 Å². The van der Waals surface area contributed by atoms with Gasteiger partial charge in [-0.15, -0.1) is 0 Å². The molecule has 0 aliphatic heterocycles. The second kappa shape index (κ2) is 7.86. The molecule has 8 heteroatoms. The molecular formula is C14H13Cl2N2O4+. The summed E-state index contributed by atoms with van der Waals surface area (Å²) in [5.74, 6) is 0.397. The molecule has 0 atom stereocenters. The van der Waals surface area contributed by atoms with Crippen LogP contribution >= 0.6 is 23.2 Å². The first-order valence-corrected chi connectivity index (χ1v) is 6.86. The van der Waals surface area contributed by atoms with Gasteiger partial charge in [0, 0.05) is 12.1 Å². The fourth-order valence-corrected chi connectivity index (χ4v) is 1.88. The molecule has 0 fully saturated rings. The van der Waals surface area contributed by atoms with Crippen LogP contribution in [0.15, 0.2) is 42.5 Å². The van der Waals surface area contributed by atoms with Gasteiger partial charge in [0.2, 0.25) is 0 Å². The lowest BCUT2D eigenvalue weighted by Crippen LogP contribution is -2.68. The molecule has 0 spiro atoms. The van der Waals surface area contributed by atoms with Crippen molar-refractivity contribution in [2.75, 3.05) is 12.4 Å². The number of benzene rings is 2. The molecular weight excluding hydrogens is 331 g/mol. The van der Waals surface area contributed by atoms with Gasteiger partial charge in [-0.05, 0) is 29.3 Å². The Hall–Kier alpha value is -1.99. The smallest absolute Gasteiger partial charge is 0.447 e. The van der Waals surface area contributed by atoms with Gasteiger partial charge >= 0.3 is 6.02 Å². The van der Waals surface area contributed by atoms with E-state index in [0.717, 1.165) is 0 Å². The van der Waals surface area contributed by atoms with Gasteiger partial charge in [-0.1, -0.05) is 29.3 Å². The highest BCUT2D eigenvalue weighted by Gasteiger charge is 2.08. The van der Waals surface area contributed by atoms with E-state index in [4.69, 9.17) is 28.1 Å². The van der Waals surface area contributed by atoms with Crippen molar-refractivity contribution in [1.29, 1.82) is 0 Å². The molecule has 0 unspecified atom stereocenters. The number of hydrogen-bond donors (Lipinski definition) is 3. The number of nitrogens with one attached hydrogen (secondary N) is 2. The summed E-state index contributed by atoms with van der Waals surface area (Å²) in [6.45, 7) is 0. The highest BCUT2D eigenvalue weighted by atomic mass is 35.5. The SMILES string of the molecule is COOOc1cccc(NC(O)=[NH+]c2ccc(Cl)c(Cl)c2)c1. The zero-order chi connectivity index (χ0) is 15.9. The molecule has 0 aliphatic rings. The van der Waals surface area contributed by atoms with Crippen LogP contribution < -0.4 is 15.2 Å². The van der Waals surface area contributed by atoms with Crippen LogP contribution in [0.25, 0.3) is 0 Å². The third-order valence-corrected chi connectivity index (χ3v) is 3.22. The highest BCUT2D eigenvalue weighted by molar-refractivity contribution is 6.42. The Kier molecular flexibility index (Phi) is 5.85. The zero-order valence-electron chi connectivity index (χ0n) is 11.5. The van der Waals surface area contributed by atoms with E-state index in [1.54, 1.807) is 42.5 Å². The van der Waals surface area contributed by atoms with Gasteiger partial charge in [0.15, 0.2) is 5.75 Å². The van der Waals surface area contributed by atoms with Crippen molar-refractivity contribution in [2.45, 2.75) is 0 Å². The van der Waals surface area contributed by atoms with Gasteiger partial charge in [-0.25, -0.2) is 10.3 Å². The average molecular weight is 344 g/mol. The summed E-state index contributed by atoms with van der Waals surface area (Å²) in [5.41, 5.74) is 1.15. The van der Waals surface area contributed by atoms with E-state index >= 15 is 0 Å². The number of hydrogen-bond acceptors (Lipinski definition) is 3. The van der Waals surface area contributed by atoms with Crippen LogP contribution in [0.4, 0.5) is 11.4 Å². The number of rotatable bonds is 5. The van der Waals surface area contributed by atoms with Gasteiger partial charge in [0.05, 0.1) is 17.2 Å². The quantitative estimate of drug-likeness (QED) is 0.337. The third-order valence-electron chi connectivity index (χ3n) is 2.48. The van der Waals surface area contributed by atoms with Gasteiger partial charge < -0.3 is 9.99 Å². The number of amidine groups is 1. The minimum atomic E-state index is -0.191. The van der Waals surface area contributed by atoms with Crippen molar-refractivity contribution < 1.29 is 24.9 Å². The highest BCUT2D eigenvalue weighted by Crippen LogP contribution is 2.22. The third kappa shape index (κ3) is 4.78. The lowest BCUT2D eigenvalue weighted by Gasteiger charge is -2.02. The predicted molar refractivity (Wildman–Crippen MR) is 83.5 cm³/mol. The number of anilines is 1. The Morgan fingerprint density at radius 3 is 2.68 bits per heavy atom. The van der Waals surface area contributed by atoms with Crippen LogP contribution in [0.5, 0.6) is 5.75 Å². The van der Waals surface area contributed by atoms with Crippen LogP contribution in [0, 0.1) is 0 Å². The monoisotopic (exact) mass is 343 g/mol. The minimum absolute atomic E-state index is 0.191. The molecule has 0 saturated heterocycles. The van der Waals surface area contributed by atoms with Gasteiger partial charge in [-0.2, -0.15) is 4.89 Å². The molecule has 3 N–H and O–H groups in total. The molecule has 0 saturated carbocycles. The van der Waals surface area contributed by atoms with Crippen LogP contribution in [0.3, 0.4) is 0 Å². The molecule has 0 radical (unpaired) electrons. The molecule has 0 amide bonds. The Morgan fingerprint density at radius 1 is 1.14 bits per heavy atom. The van der Waals surface area contributed by atoms with Crippen LogP contribution in [-0.4, -0.2) is 18.2 Å². The van der Waals surface area contributed by atoms with Gasteiger partial charge in [-0.3, -0.25) is 0 Å². The second-order valence-electron chi connectivity index (χ2n) is 4.07. The summed E-state index contributed by atoms with van der Waals surface area (Å²) in [6.07, 6.45) is 0. The Labute approximate surface area is 136 Å². The van der Waals surface area contributed by atoms with E-state index in [2.05, 4.69) is 20.2 Å². The normalized spacial score (nSPS) is 11.3. The molecule has 0 aliphatic carbocycles. The second-order valence-corrected chi connectivity index (χ2v) is 4.89. The van der Waals surface area contributed by atoms with Gasteiger partial charge in [0.25, 0.3) is 0 Å². The fraction of sp³-hybridized carbons (Fsp3) is 0.0714. The topological polar surface area (TPSA) is 73.9 Å². The standard InChI is InChI=1S/C14H12Cl2N2O4/c1-20-22-21-11-4-2-3-9(7-11)17-14(19)18-10-5-6-12(15)13(16)8-10/h2-8H,1H3,(H2,17,18,19)/p+1. The summed E-state index contributed by atoms with van der Waals surface area (Å²) in [5, 5.41) is 17.8. The molecule has 2 aromatic carbocycles. The fourth-order valence-electron chi connectivity index (χ4n) is 1.58. The summed E-state index contributed by atoms with van der Waals surface area (Å²) >= 11 is 11.7. The van der Waals surface area contributed by atoms with E-state index < -0.39 is 0 Å². The molecule has 22 heavy (non-hydrogen) atoms. The maximum atomic E-state index is 9.90. The van der Waals surface area contributed by atoms with Crippen LogP contribution in [0.2, 0.25) is 10.0 Å². The van der Waals surface area contributed by atoms with E-state index in [1.165, 1.54) is 7.11 Å². The molecule has 2 rings (SSSR count). The Balaban J connectivity index is 2.08. The molecule has 2 aromatic rings. The molecule has 116 valence electrons. The minimum Gasteiger partial charge on any atom is -0.447 e. The first-order chi connectivity index (χ1) is 10.6. The first kappa shape index (κ1) is 16.4. The summed E-state index contributed by atoms with van der Waals surface area (Å²) in [4.78, 5) is 11.9. The lowest BCUT2D eigenvalue weighted by atomic mass is 10.3. The van der Waals surface area contributed by atoms with Crippen molar-refractivity contribution in [3.05, 3.63) is 52.5 Å². The molecule has 0 aromatic heterocycles. The number of aliphatic hydroxyl groups is 1.